The monoisotopic (exact) mass is 410 g/mol. The fourth-order valence-electron chi connectivity index (χ4n) is 3.20. The van der Waals surface area contributed by atoms with E-state index in [0.29, 0.717) is 28.2 Å². The molecule has 3 rings (SSSR count). The molecule has 0 amide bonds. The van der Waals surface area contributed by atoms with Crippen molar-refractivity contribution in [1.29, 1.82) is 0 Å². The third-order valence-corrected chi connectivity index (χ3v) is 6.96. The van der Waals surface area contributed by atoms with Gasteiger partial charge in [-0.15, -0.1) is 12.4 Å². The van der Waals surface area contributed by atoms with Crippen molar-refractivity contribution in [2.75, 3.05) is 33.3 Å². The molecule has 1 aromatic carbocycles. The number of ether oxygens (including phenoxy) is 1. The van der Waals surface area contributed by atoms with Gasteiger partial charge in [-0.1, -0.05) is 0 Å². The van der Waals surface area contributed by atoms with Crippen LogP contribution in [0.4, 0.5) is 0 Å². The van der Waals surface area contributed by atoms with E-state index in [0.717, 1.165) is 25.9 Å². The van der Waals surface area contributed by atoms with Gasteiger partial charge in [0.2, 0.25) is 10.0 Å². The standard InChI is InChI=1S/C14H19BrN2O3S.ClH/c1-20-13-3-2-11(8-12(13)15)21(18,19)17-7-5-14(10-17)4-6-16-9-14;/h2-3,8,16H,4-7,9-10H2,1H3;1H. The number of methoxy groups -OCH3 is 1. The molecular weight excluding hydrogens is 392 g/mol. The van der Waals surface area contributed by atoms with Crippen molar-refractivity contribution < 1.29 is 13.2 Å². The topological polar surface area (TPSA) is 58.6 Å². The van der Waals surface area contributed by atoms with E-state index in [9.17, 15) is 8.42 Å². The van der Waals surface area contributed by atoms with Crippen LogP contribution >= 0.6 is 28.3 Å². The Balaban J connectivity index is 0.00000176. The summed E-state index contributed by atoms with van der Waals surface area (Å²) in [5.74, 6) is 0.631. The van der Waals surface area contributed by atoms with Crippen molar-refractivity contribution in [1.82, 2.24) is 9.62 Å². The molecule has 2 saturated heterocycles. The Labute approximate surface area is 146 Å². The number of benzene rings is 1. The van der Waals surface area contributed by atoms with Gasteiger partial charge < -0.3 is 10.1 Å². The number of sulfonamides is 1. The molecule has 2 aliphatic heterocycles. The molecule has 1 atom stereocenters. The SMILES string of the molecule is COc1ccc(S(=O)(=O)N2CCC3(CCNC3)C2)cc1Br.Cl. The first-order valence-electron chi connectivity index (χ1n) is 7.01. The van der Waals surface area contributed by atoms with Crippen LogP contribution < -0.4 is 10.1 Å². The summed E-state index contributed by atoms with van der Waals surface area (Å²) in [5.41, 5.74) is 0.136. The van der Waals surface area contributed by atoms with Crippen LogP contribution in [0.5, 0.6) is 5.75 Å². The lowest BCUT2D eigenvalue weighted by atomic mass is 9.87. The van der Waals surface area contributed by atoms with Crippen LogP contribution in [-0.4, -0.2) is 46.0 Å². The van der Waals surface area contributed by atoms with Gasteiger partial charge in [0.15, 0.2) is 0 Å². The van der Waals surface area contributed by atoms with Gasteiger partial charge in [-0.25, -0.2) is 8.42 Å². The predicted molar refractivity (Wildman–Crippen MR) is 91.2 cm³/mol. The maximum atomic E-state index is 12.8. The Kier molecular flexibility index (Phi) is 5.44. The molecule has 2 fully saturated rings. The molecule has 0 aliphatic carbocycles. The fraction of sp³-hybridized carbons (Fsp3) is 0.571. The zero-order valence-corrected chi connectivity index (χ0v) is 15.6. The zero-order chi connectivity index (χ0) is 15.1. The first kappa shape index (κ1) is 18.0. The number of hydrogen-bond donors (Lipinski definition) is 1. The van der Waals surface area contributed by atoms with Crippen molar-refractivity contribution in [3.8, 4) is 5.75 Å². The van der Waals surface area contributed by atoms with Gasteiger partial charge in [-0.3, -0.25) is 0 Å². The lowest BCUT2D eigenvalue weighted by molar-refractivity contribution is 0.338. The number of rotatable bonds is 3. The summed E-state index contributed by atoms with van der Waals surface area (Å²) < 4.78 is 33.0. The highest BCUT2D eigenvalue weighted by Gasteiger charge is 2.44. The molecule has 5 nitrogen and oxygen atoms in total. The Morgan fingerprint density at radius 2 is 2.14 bits per heavy atom. The summed E-state index contributed by atoms with van der Waals surface area (Å²) in [6.07, 6.45) is 2.00. The molecule has 0 radical (unpaired) electrons. The van der Waals surface area contributed by atoms with Gasteiger partial charge in [0.1, 0.15) is 5.75 Å². The van der Waals surface area contributed by atoms with E-state index in [-0.39, 0.29) is 17.8 Å². The van der Waals surface area contributed by atoms with Crippen LogP contribution in [0, 0.1) is 5.41 Å². The highest BCUT2D eigenvalue weighted by Crippen LogP contribution is 2.39. The van der Waals surface area contributed by atoms with E-state index in [4.69, 9.17) is 4.74 Å². The largest absolute Gasteiger partial charge is 0.496 e. The van der Waals surface area contributed by atoms with E-state index in [2.05, 4.69) is 21.2 Å². The van der Waals surface area contributed by atoms with Crippen LogP contribution in [0.15, 0.2) is 27.6 Å². The molecule has 22 heavy (non-hydrogen) atoms. The van der Waals surface area contributed by atoms with Crippen molar-refractivity contribution in [3.63, 3.8) is 0 Å². The quantitative estimate of drug-likeness (QED) is 0.829. The van der Waals surface area contributed by atoms with E-state index in [1.165, 1.54) is 0 Å². The lowest BCUT2D eigenvalue weighted by Gasteiger charge is -2.22. The highest BCUT2D eigenvalue weighted by molar-refractivity contribution is 9.10. The first-order valence-corrected chi connectivity index (χ1v) is 9.25. The summed E-state index contributed by atoms with van der Waals surface area (Å²) in [4.78, 5) is 0.318. The predicted octanol–water partition coefficient (Wildman–Crippen LogP) is 2.25. The minimum atomic E-state index is -3.43. The molecule has 1 N–H and O–H groups in total. The van der Waals surface area contributed by atoms with Crippen LogP contribution in [0.25, 0.3) is 0 Å². The maximum absolute atomic E-state index is 12.8. The van der Waals surface area contributed by atoms with Crippen molar-refractivity contribution in [3.05, 3.63) is 22.7 Å². The molecule has 0 aromatic heterocycles. The average Bonchev–Trinajstić information content (AvgIpc) is 3.10. The van der Waals surface area contributed by atoms with Gasteiger partial charge in [0.25, 0.3) is 0 Å². The minimum absolute atomic E-state index is 0. The molecule has 124 valence electrons. The smallest absolute Gasteiger partial charge is 0.243 e. The van der Waals surface area contributed by atoms with Gasteiger partial charge in [0.05, 0.1) is 16.5 Å². The van der Waals surface area contributed by atoms with E-state index < -0.39 is 10.0 Å². The number of nitrogens with zero attached hydrogens (tertiary/aromatic N) is 1. The third-order valence-electron chi connectivity index (χ3n) is 4.50. The van der Waals surface area contributed by atoms with Gasteiger partial charge in [-0.05, 0) is 58.9 Å². The summed E-state index contributed by atoms with van der Waals surface area (Å²) in [5, 5.41) is 3.35. The van der Waals surface area contributed by atoms with Crippen molar-refractivity contribution in [2.24, 2.45) is 5.41 Å². The van der Waals surface area contributed by atoms with Crippen LogP contribution in [-0.2, 0) is 10.0 Å². The van der Waals surface area contributed by atoms with Crippen molar-refractivity contribution >= 4 is 38.4 Å². The van der Waals surface area contributed by atoms with Gasteiger partial charge in [0, 0.05) is 19.6 Å². The summed E-state index contributed by atoms with van der Waals surface area (Å²) >= 11 is 3.35. The molecule has 0 saturated carbocycles. The Morgan fingerprint density at radius 3 is 2.73 bits per heavy atom. The highest BCUT2D eigenvalue weighted by atomic mass is 79.9. The van der Waals surface area contributed by atoms with Crippen molar-refractivity contribution in [2.45, 2.75) is 17.7 Å². The van der Waals surface area contributed by atoms with E-state index in [1.54, 1.807) is 29.6 Å². The van der Waals surface area contributed by atoms with E-state index >= 15 is 0 Å². The Morgan fingerprint density at radius 1 is 1.36 bits per heavy atom. The Hall–Kier alpha value is -0.340. The molecule has 1 unspecified atom stereocenters. The summed E-state index contributed by atoms with van der Waals surface area (Å²) in [6.45, 7) is 3.13. The number of halogens is 2. The van der Waals surface area contributed by atoms with Crippen LogP contribution in [0.3, 0.4) is 0 Å². The molecular formula is C14H20BrClN2O3S. The van der Waals surface area contributed by atoms with Gasteiger partial charge in [-0.2, -0.15) is 4.31 Å². The minimum Gasteiger partial charge on any atom is -0.496 e. The Bertz CT molecular complexity index is 647. The number of hydrogen-bond acceptors (Lipinski definition) is 4. The third kappa shape index (κ3) is 3.14. The normalized spacial score (nSPS) is 25.4. The second-order valence-corrected chi connectivity index (χ2v) is 8.60. The maximum Gasteiger partial charge on any atom is 0.243 e. The fourth-order valence-corrected chi connectivity index (χ4v) is 5.47. The second kappa shape index (κ2) is 6.65. The molecule has 0 bridgehead atoms. The average molecular weight is 412 g/mol. The molecule has 1 aromatic rings. The van der Waals surface area contributed by atoms with Crippen LogP contribution in [0.2, 0.25) is 0 Å². The van der Waals surface area contributed by atoms with E-state index in [1.807, 2.05) is 0 Å². The summed E-state index contributed by atoms with van der Waals surface area (Å²) in [7, 11) is -1.87. The van der Waals surface area contributed by atoms with Crippen LogP contribution in [0.1, 0.15) is 12.8 Å². The second-order valence-electron chi connectivity index (χ2n) is 5.81. The first-order chi connectivity index (χ1) is 9.97. The van der Waals surface area contributed by atoms with Gasteiger partial charge >= 0.3 is 0 Å². The molecule has 2 aliphatic rings. The molecule has 8 heteroatoms. The lowest BCUT2D eigenvalue weighted by Crippen LogP contribution is -2.33. The number of nitrogens with one attached hydrogen (secondary N) is 1. The molecule has 1 spiro atoms. The zero-order valence-electron chi connectivity index (χ0n) is 12.3. The summed E-state index contributed by atoms with van der Waals surface area (Å²) in [6, 6.07) is 4.91. The molecule has 2 heterocycles.